The van der Waals surface area contributed by atoms with E-state index in [-0.39, 0.29) is 0 Å². The Morgan fingerprint density at radius 2 is 2.29 bits per heavy atom. The summed E-state index contributed by atoms with van der Waals surface area (Å²) in [7, 11) is 1.85. The second-order valence-electron chi connectivity index (χ2n) is 3.84. The van der Waals surface area contributed by atoms with Crippen LogP contribution in [0.2, 0.25) is 5.02 Å². The van der Waals surface area contributed by atoms with Crippen molar-refractivity contribution >= 4 is 28.3 Å². The van der Waals surface area contributed by atoms with Crippen molar-refractivity contribution < 1.29 is 0 Å². The second-order valence-corrected chi connectivity index (χ2v) is 4.22. The summed E-state index contributed by atoms with van der Waals surface area (Å²) in [5.74, 6) is 0. The van der Waals surface area contributed by atoms with Crippen LogP contribution in [0.25, 0.3) is 22.3 Å². The lowest BCUT2D eigenvalue weighted by Gasteiger charge is -1.94. The van der Waals surface area contributed by atoms with Crippen molar-refractivity contribution in [3.05, 3.63) is 29.7 Å². The van der Waals surface area contributed by atoms with Gasteiger partial charge < -0.3 is 10.7 Å². The molecule has 0 aliphatic heterocycles. The van der Waals surface area contributed by atoms with Crippen LogP contribution in [0.15, 0.2) is 24.7 Å². The zero-order valence-electron chi connectivity index (χ0n) is 9.11. The Kier molecular flexibility index (Phi) is 2.09. The van der Waals surface area contributed by atoms with E-state index in [0.29, 0.717) is 16.4 Å². The number of hydrogen-bond acceptors (Lipinski definition) is 3. The van der Waals surface area contributed by atoms with Gasteiger partial charge in [-0.2, -0.15) is 5.10 Å². The maximum absolute atomic E-state index is 6.32. The number of anilines is 1. The van der Waals surface area contributed by atoms with Crippen LogP contribution in [-0.4, -0.2) is 19.7 Å². The molecule has 3 aromatic rings. The fourth-order valence-corrected chi connectivity index (χ4v) is 2.20. The van der Waals surface area contributed by atoms with Gasteiger partial charge in [0.1, 0.15) is 5.65 Å². The average Bonchev–Trinajstić information content (AvgIpc) is 2.84. The van der Waals surface area contributed by atoms with Gasteiger partial charge in [-0.15, -0.1) is 0 Å². The van der Waals surface area contributed by atoms with E-state index >= 15 is 0 Å². The maximum Gasteiger partial charge on any atom is 0.141 e. The summed E-state index contributed by atoms with van der Waals surface area (Å²) in [4.78, 5) is 7.37. The smallest absolute Gasteiger partial charge is 0.141 e. The summed E-state index contributed by atoms with van der Waals surface area (Å²) in [6.07, 6.45) is 5.27. The van der Waals surface area contributed by atoms with E-state index in [9.17, 15) is 0 Å². The zero-order chi connectivity index (χ0) is 12.0. The molecule has 0 fully saturated rings. The van der Waals surface area contributed by atoms with Crippen LogP contribution in [0.1, 0.15) is 0 Å². The Balaban J connectivity index is 2.32. The highest BCUT2D eigenvalue weighted by atomic mass is 35.5. The van der Waals surface area contributed by atoms with Gasteiger partial charge in [-0.25, -0.2) is 4.98 Å². The number of aromatic nitrogens is 4. The van der Waals surface area contributed by atoms with Crippen molar-refractivity contribution in [1.82, 2.24) is 19.7 Å². The molecule has 0 bridgehead atoms. The molecule has 3 aromatic heterocycles. The minimum absolute atomic E-state index is 0.582. The predicted molar refractivity (Wildman–Crippen MR) is 67.7 cm³/mol. The van der Waals surface area contributed by atoms with Crippen LogP contribution in [0, 0.1) is 0 Å². The van der Waals surface area contributed by atoms with Gasteiger partial charge in [0.25, 0.3) is 0 Å². The Hall–Kier alpha value is -2.01. The normalized spacial score (nSPS) is 11.2. The summed E-state index contributed by atoms with van der Waals surface area (Å²) in [6.45, 7) is 0. The highest BCUT2D eigenvalue weighted by Gasteiger charge is 2.15. The Bertz CT molecular complexity index is 697. The van der Waals surface area contributed by atoms with Gasteiger partial charge >= 0.3 is 0 Å². The molecule has 0 amide bonds. The molecule has 0 aliphatic rings. The molecule has 3 rings (SSSR count). The summed E-state index contributed by atoms with van der Waals surface area (Å²) in [5.41, 5.74) is 8.90. The van der Waals surface area contributed by atoms with E-state index in [1.54, 1.807) is 23.1 Å². The molecular formula is C11H10ClN5. The van der Waals surface area contributed by atoms with Gasteiger partial charge in [-0.1, -0.05) is 11.6 Å². The lowest BCUT2D eigenvalue weighted by molar-refractivity contribution is 0.768. The van der Waals surface area contributed by atoms with E-state index in [0.717, 1.165) is 16.6 Å². The number of nitrogens with zero attached hydrogens (tertiary/aromatic N) is 3. The third-order valence-electron chi connectivity index (χ3n) is 2.66. The number of halogens is 1. The molecule has 86 valence electrons. The van der Waals surface area contributed by atoms with E-state index in [2.05, 4.69) is 15.1 Å². The minimum Gasteiger partial charge on any atom is -0.398 e. The van der Waals surface area contributed by atoms with E-state index in [1.807, 2.05) is 13.2 Å². The number of aryl methyl sites for hydroxylation is 1. The van der Waals surface area contributed by atoms with E-state index in [1.165, 1.54) is 0 Å². The van der Waals surface area contributed by atoms with Crippen LogP contribution in [-0.2, 0) is 7.05 Å². The SMILES string of the molecule is Cn1cc(-c2[nH]c3nccc(N)c3c2Cl)cn1. The fourth-order valence-electron chi connectivity index (χ4n) is 1.85. The maximum atomic E-state index is 6.32. The summed E-state index contributed by atoms with van der Waals surface area (Å²) in [6, 6.07) is 1.73. The van der Waals surface area contributed by atoms with Crippen LogP contribution in [0.5, 0.6) is 0 Å². The first-order valence-corrected chi connectivity index (χ1v) is 5.45. The molecule has 6 heteroatoms. The molecule has 5 nitrogen and oxygen atoms in total. The van der Waals surface area contributed by atoms with Gasteiger partial charge in [0, 0.05) is 30.7 Å². The third kappa shape index (κ3) is 1.47. The standard InChI is InChI=1S/C11H10ClN5/c1-17-5-6(4-15-17)10-9(12)8-7(13)2-3-14-11(8)16-10/h2-5H,1H3,(H3,13,14,16). The number of nitrogen functional groups attached to an aromatic ring is 1. The van der Waals surface area contributed by atoms with Crippen LogP contribution in [0.4, 0.5) is 5.69 Å². The molecule has 17 heavy (non-hydrogen) atoms. The lowest BCUT2D eigenvalue weighted by Crippen LogP contribution is -1.86. The molecule has 3 heterocycles. The number of hydrogen-bond donors (Lipinski definition) is 2. The Morgan fingerprint density at radius 1 is 1.47 bits per heavy atom. The number of H-pyrrole nitrogens is 1. The molecule has 0 aromatic carbocycles. The molecule has 0 unspecified atom stereocenters. The quantitative estimate of drug-likeness (QED) is 0.692. The second kappa shape index (κ2) is 3.49. The fraction of sp³-hybridized carbons (Fsp3) is 0.0909. The number of nitrogens with one attached hydrogen (secondary N) is 1. The monoisotopic (exact) mass is 247 g/mol. The van der Waals surface area contributed by atoms with E-state index < -0.39 is 0 Å². The molecule has 0 saturated heterocycles. The van der Waals surface area contributed by atoms with Crippen LogP contribution < -0.4 is 5.73 Å². The molecule has 0 saturated carbocycles. The first-order valence-electron chi connectivity index (χ1n) is 5.07. The molecular weight excluding hydrogens is 238 g/mol. The molecule has 0 aliphatic carbocycles. The molecule has 0 atom stereocenters. The van der Waals surface area contributed by atoms with Crippen molar-refractivity contribution in [3.63, 3.8) is 0 Å². The van der Waals surface area contributed by atoms with Crippen molar-refractivity contribution in [2.45, 2.75) is 0 Å². The Labute approximate surface area is 102 Å². The van der Waals surface area contributed by atoms with Crippen molar-refractivity contribution in [2.75, 3.05) is 5.73 Å². The third-order valence-corrected chi connectivity index (χ3v) is 3.04. The number of pyridine rings is 1. The summed E-state index contributed by atoms with van der Waals surface area (Å²) in [5, 5.41) is 5.45. The van der Waals surface area contributed by atoms with Crippen molar-refractivity contribution in [3.8, 4) is 11.3 Å². The van der Waals surface area contributed by atoms with Gasteiger partial charge in [0.2, 0.25) is 0 Å². The topological polar surface area (TPSA) is 72.5 Å². The zero-order valence-corrected chi connectivity index (χ0v) is 9.86. The van der Waals surface area contributed by atoms with E-state index in [4.69, 9.17) is 17.3 Å². The number of aromatic amines is 1. The Morgan fingerprint density at radius 3 is 2.94 bits per heavy atom. The number of rotatable bonds is 1. The number of nitrogens with two attached hydrogens (primary N) is 1. The van der Waals surface area contributed by atoms with Crippen LogP contribution in [0.3, 0.4) is 0 Å². The first-order chi connectivity index (χ1) is 8.16. The minimum atomic E-state index is 0.582. The summed E-state index contributed by atoms with van der Waals surface area (Å²) < 4.78 is 1.72. The van der Waals surface area contributed by atoms with Gasteiger partial charge in [0.15, 0.2) is 0 Å². The average molecular weight is 248 g/mol. The highest BCUT2D eigenvalue weighted by molar-refractivity contribution is 6.39. The summed E-state index contributed by atoms with van der Waals surface area (Å²) >= 11 is 6.32. The highest BCUT2D eigenvalue weighted by Crippen LogP contribution is 2.35. The molecule has 0 radical (unpaired) electrons. The van der Waals surface area contributed by atoms with Crippen molar-refractivity contribution in [1.29, 1.82) is 0 Å². The lowest BCUT2D eigenvalue weighted by atomic mass is 10.2. The predicted octanol–water partition coefficient (Wildman–Crippen LogP) is 2.20. The molecule has 3 N–H and O–H groups in total. The van der Waals surface area contributed by atoms with Gasteiger partial charge in [-0.05, 0) is 6.07 Å². The molecule has 0 spiro atoms. The largest absolute Gasteiger partial charge is 0.398 e. The number of fused-ring (bicyclic) bond motifs is 1. The van der Waals surface area contributed by atoms with Gasteiger partial charge in [-0.3, -0.25) is 4.68 Å². The van der Waals surface area contributed by atoms with Crippen molar-refractivity contribution in [2.24, 2.45) is 7.05 Å². The van der Waals surface area contributed by atoms with Gasteiger partial charge in [0.05, 0.1) is 22.3 Å². The van der Waals surface area contributed by atoms with Crippen LogP contribution >= 0.6 is 11.6 Å². The first kappa shape index (κ1) is 10.2.